The second kappa shape index (κ2) is 29.4. The van der Waals surface area contributed by atoms with Crippen LogP contribution in [0, 0.1) is 0 Å². The molecule has 0 radical (unpaired) electrons. The van der Waals surface area contributed by atoms with E-state index in [9.17, 15) is 112 Å². The number of thiol groups is 1. The van der Waals surface area contributed by atoms with E-state index in [2.05, 4.69) is 12.6 Å². The first-order valence-electron chi connectivity index (χ1n) is 25.0. The molecule has 458 valence electrons. The number of ether oxygens (including phenoxy) is 10. The molecule has 6 rings (SSSR count). The van der Waals surface area contributed by atoms with Crippen LogP contribution in [0.5, 0.6) is 0 Å². The van der Waals surface area contributed by atoms with Crippen LogP contribution in [-0.4, -0.2) is 343 Å². The minimum atomic E-state index is -5.36. The van der Waals surface area contributed by atoms with Gasteiger partial charge in [-0.2, -0.15) is 12.6 Å². The molecular formula is C42H75O34PS. The summed E-state index contributed by atoms with van der Waals surface area (Å²) in [6, 6.07) is 0. The van der Waals surface area contributed by atoms with Crippen molar-refractivity contribution in [1.29, 1.82) is 0 Å². The van der Waals surface area contributed by atoms with Crippen molar-refractivity contribution < 1.29 is 168 Å². The summed E-state index contributed by atoms with van der Waals surface area (Å²) in [5.41, 5.74) is 0. The lowest BCUT2D eigenvalue weighted by molar-refractivity contribution is -0.375. The third kappa shape index (κ3) is 15.2. The Kier molecular flexibility index (Phi) is 25.0. The Bertz CT molecular complexity index is 1840. The molecule has 1 saturated carbocycles. The van der Waals surface area contributed by atoms with E-state index in [1.807, 2.05) is 0 Å². The first-order valence-corrected chi connectivity index (χ1v) is 27.1. The summed E-state index contributed by atoms with van der Waals surface area (Å²) in [6.45, 7) is -5.03. The Hall–Kier alpha value is -0.740. The van der Waals surface area contributed by atoms with Crippen molar-refractivity contribution in [3.63, 3.8) is 0 Å². The largest absolute Gasteiger partial charge is 0.472 e. The molecule has 1 unspecified atom stereocenters. The van der Waals surface area contributed by atoms with Crippen LogP contribution in [0.1, 0.15) is 25.7 Å². The summed E-state index contributed by atoms with van der Waals surface area (Å²) >= 11 is 4.12. The van der Waals surface area contributed by atoms with Gasteiger partial charge >= 0.3 is 7.82 Å². The summed E-state index contributed by atoms with van der Waals surface area (Å²) in [5, 5.41) is 213. The fourth-order valence-corrected chi connectivity index (χ4v) is 10.6. The minimum absolute atomic E-state index is 0.217. The van der Waals surface area contributed by atoms with E-state index in [0.29, 0.717) is 25.0 Å². The molecule has 0 aromatic carbocycles. The van der Waals surface area contributed by atoms with E-state index in [0.717, 1.165) is 0 Å². The quantitative estimate of drug-likeness (QED) is 0.0242. The lowest BCUT2D eigenvalue weighted by Crippen LogP contribution is -2.69. The first-order chi connectivity index (χ1) is 36.8. The molecule has 6 aliphatic rings. The van der Waals surface area contributed by atoms with Gasteiger partial charge in [0.05, 0.1) is 39.6 Å². The number of unbranched alkanes of at least 4 members (excludes halogenated alkanes) is 3. The maximum atomic E-state index is 13.5. The maximum Gasteiger partial charge on any atom is 0.472 e. The highest BCUT2D eigenvalue weighted by Gasteiger charge is 2.59. The van der Waals surface area contributed by atoms with E-state index >= 15 is 0 Å². The van der Waals surface area contributed by atoms with Crippen molar-refractivity contribution in [3.8, 4) is 0 Å². The molecule has 21 N–H and O–H groups in total. The predicted octanol–water partition coefficient (Wildman–Crippen LogP) is -12.1. The summed E-state index contributed by atoms with van der Waals surface area (Å²) in [6.07, 6.45) is -61.2. The number of aliphatic hydroxyl groups excluding tert-OH is 20. The van der Waals surface area contributed by atoms with Crippen LogP contribution in [0.15, 0.2) is 0 Å². The molecule has 36 heteroatoms. The summed E-state index contributed by atoms with van der Waals surface area (Å²) in [5.74, 6) is 0.569. The van der Waals surface area contributed by atoms with Gasteiger partial charge in [0.25, 0.3) is 0 Å². The van der Waals surface area contributed by atoms with Crippen molar-refractivity contribution in [2.24, 2.45) is 0 Å². The highest BCUT2D eigenvalue weighted by Crippen LogP contribution is 2.49. The van der Waals surface area contributed by atoms with E-state index in [4.69, 9.17) is 56.4 Å². The van der Waals surface area contributed by atoms with Gasteiger partial charge in [0, 0.05) is 0 Å². The van der Waals surface area contributed by atoms with E-state index in [1.54, 1.807) is 0 Å². The summed E-state index contributed by atoms with van der Waals surface area (Å²) in [7, 11) is -5.36. The maximum absolute atomic E-state index is 13.5. The van der Waals surface area contributed by atoms with Crippen molar-refractivity contribution >= 4 is 20.5 Å². The van der Waals surface area contributed by atoms with Crippen molar-refractivity contribution in [1.82, 2.24) is 0 Å². The zero-order valence-corrected chi connectivity index (χ0v) is 43.1. The third-order valence-corrected chi connectivity index (χ3v) is 15.5. The molecule has 0 bridgehead atoms. The number of phosphoric acid groups is 1. The zero-order chi connectivity index (χ0) is 57.7. The van der Waals surface area contributed by atoms with E-state index < -0.39 is 238 Å². The molecule has 5 saturated heterocycles. The molecule has 0 aromatic rings. The SMILES string of the molecule is O=P(O)(OCCCCCCS)O[C@@H]1[C@H](O[C@H]2O[C@H](CO)[C@@H](O)[C@H](O)[C@@H]2O)[C@H](O)[C@@H](O)[C@H](O)[C@H]1O[C@H]1O[C@H](CO[C@H]2O[C@H](CO[C@H]3O[C@H](CO)[C@@H](O)[C@H](O)[C@@H]3O[C@H]3O[C@H](CO)[C@@H](O)[C@H](O)[C@@H]3O)[C@@H](O)[C@H](O)[C@@H]2O)[C@@H](O)[C@H](O)[C@@H]1O. The molecule has 34 nitrogen and oxygen atoms in total. The van der Waals surface area contributed by atoms with Gasteiger partial charge in [0.1, 0.15) is 159 Å². The van der Waals surface area contributed by atoms with Crippen LogP contribution in [0.2, 0.25) is 0 Å². The Morgan fingerprint density at radius 3 is 1.12 bits per heavy atom. The molecule has 1 aliphatic carbocycles. The van der Waals surface area contributed by atoms with Gasteiger partial charge in [-0.15, -0.1) is 0 Å². The van der Waals surface area contributed by atoms with Crippen LogP contribution < -0.4 is 0 Å². The molecule has 78 heavy (non-hydrogen) atoms. The number of aliphatic hydroxyl groups is 20. The average molecular weight is 1190 g/mol. The van der Waals surface area contributed by atoms with Crippen molar-refractivity contribution in [3.05, 3.63) is 0 Å². The smallest absolute Gasteiger partial charge is 0.394 e. The zero-order valence-electron chi connectivity index (χ0n) is 41.3. The normalized spacial score (nSPS) is 49.3. The Balaban J connectivity index is 1.17. The minimum Gasteiger partial charge on any atom is -0.394 e. The molecule has 32 atom stereocenters. The molecule has 5 aliphatic heterocycles. The summed E-state index contributed by atoms with van der Waals surface area (Å²) in [4.78, 5) is 10.9. The average Bonchev–Trinajstić information content (AvgIpc) is 3.46. The number of phosphoric ester groups is 1. The standard InChI is InChI=1S/C42H75O34PS/c43-7-12-17(46)22(51)31(60)39(68-12)73-34-28(57)26(55)29(58)35(37(34)76-77(63,64)67-5-3-1-2-4-6-78)74-41-33(62)25(54)21(50)16(72-41)10-65-38-30(59)24(53)20(49)15(71-38)11-66-42-36(27(56)19(48)14(9-45)70-42)75-40-32(61)23(52)18(47)13(8-44)69-40/h12-62,78H,1-11H2,(H,63,64)/t12-,13-,14-,15-,16-,17-,18-,19-,20-,21-,22+,23+,24+,25+,26-,27+,28-,29+,30+,31+,32+,33+,34-,35-,36+,37-,38+,39-,40-,41-,42+/m1/s1. The highest BCUT2D eigenvalue weighted by atomic mass is 32.1. The Labute approximate surface area is 448 Å². The molecule has 0 amide bonds. The fraction of sp³-hybridized carbons (Fsp3) is 1.00. The van der Waals surface area contributed by atoms with Gasteiger partial charge in [0.2, 0.25) is 0 Å². The van der Waals surface area contributed by atoms with Crippen molar-refractivity contribution in [2.75, 3.05) is 45.4 Å². The molecule has 0 spiro atoms. The lowest BCUT2D eigenvalue weighted by Gasteiger charge is -2.49. The molecule has 0 aromatic heterocycles. The van der Waals surface area contributed by atoms with Crippen molar-refractivity contribution in [2.45, 2.75) is 216 Å². The van der Waals surface area contributed by atoms with Crippen LogP contribution in [0.4, 0.5) is 0 Å². The van der Waals surface area contributed by atoms with Gasteiger partial charge in [-0.3, -0.25) is 9.05 Å². The van der Waals surface area contributed by atoms with Crippen LogP contribution in [0.25, 0.3) is 0 Å². The van der Waals surface area contributed by atoms with E-state index in [-0.39, 0.29) is 6.42 Å². The van der Waals surface area contributed by atoms with Crippen LogP contribution in [-0.2, 0) is 61.0 Å². The Morgan fingerprint density at radius 2 is 0.679 bits per heavy atom. The van der Waals surface area contributed by atoms with E-state index in [1.165, 1.54) is 0 Å². The topological polar surface area (TPSA) is 553 Å². The van der Waals surface area contributed by atoms with Crippen LogP contribution >= 0.6 is 20.5 Å². The predicted molar refractivity (Wildman–Crippen MR) is 246 cm³/mol. The van der Waals surface area contributed by atoms with Gasteiger partial charge in [-0.1, -0.05) is 12.8 Å². The number of hydrogen-bond acceptors (Lipinski definition) is 34. The first kappa shape index (κ1) is 66.4. The van der Waals surface area contributed by atoms with Gasteiger partial charge < -0.3 is 154 Å². The third-order valence-electron chi connectivity index (χ3n) is 14.2. The monoisotopic (exact) mass is 1190 g/mol. The summed E-state index contributed by atoms with van der Waals surface area (Å²) < 4.78 is 80.0. The van der Waals surface area contributed by atoms with Crippen LogP contribution in [0.3, 0.4) is 0 Å². The second-order valence-electron chi connectivity index (χ2n) is 19.6. The van der Waals surface area contributed by atoms with Gasteiger partial charge in [-0.05, 0) is 18.6 Å². The fourth-order valence-electron chi connectivity index (χ4n) is 9.43. The number of rotatable bonds is 24. The lowest BCUT2D eigenvalue weighted by atomic mass is 9.84. The number of hydrogen-bond donors (Lipinski definition) is 22. The highest BCUT2D eigenvalue weighted by molar-refractivity contribution is 7.80. The van der Waals surface area contributed by atoms with Gasteiger partial charge in [0.15, 0.2) is 31.5 Å². The van der Waals surface area contributed by atoms with Gasteiger partial charge in [-0.25, -0.2) is 4.57 Å². The Morgan fingerprint density at radius 1 is 0.359 bits per heavy atom. The molecule has 5 heterocycles. The molecule has 6 fully saturated rings. The second-order valence-corrected chi connectivity index (χ2v) is 21.4. The molecular weight excluding hydrogens is 1110 g/mol.